The summed E-state index contributed by atoms with van der Waals surface area (Å²) in [5, 5.41) is 3.56. The third-order valence-corrected chi connectivity index (χ3v) is 3.80. The first kappa shape index (κ1) is 14.4. The lowest BCUT2D eigenvalue weighted by Crippen LogP contribution is -2.23. The molecule has 0 saturated carbocycles. The zero-order chi connectivity index (χ0) is 13.7. The molecule has 0 aliphatic carbocycles. The fraction of sp³-hybridized carbons (Fsp3) is 0.625. The Hall–Kier alpha value is -1.06. The monoisotopic (exact) mass is 263 g/mol. The quantitative estimate of drug-likeness (QED) is 0.855. The van der Waals surface area contributed by atoms with Crippen LogP contribution in [0.25, 0.3) is 0 Å². The summed E-state index contributed by atoms with van der Waals surface area (Å²) in [6.45, 7) is 6.19. The molecular weight excluding hydrogens is 238 g/mol. The number of nitrogens with one attached hydrogen (secondary N) is 1. The van der Waals surface area contributed by atoms with Crippen LogP contribution in [0.3, 0.4) is 0 Å². The number of ether oxygens (including phenoxy) is 2. The molecule has 0 amide bonds. The van der Waals surface area contributed by atoms with Crippen molar-refractivity contribution >= 4 is 0 Å². The van der Waals surface area contributed by atoms with Gasteiger partial charge in [-0.05, 0) is 51.3 Å². The molecule has 0 radical (unpaired) electrons. The smallest absolute Gasteiger partial charge is 0.123 e. The first-order chi connectivity index (χ1) is 9.20. The van der Waals surface area contributed by atoms with Crippen LogP contribution in [-0.4, -0.2) is 26.4 Å². The lowest BCUT2D eigenvalue weighted by Gasteiger charge is -2.19. The summed E-state index contributed by atoms with van der Waals surface area (Å²) < 4.78 is 11.1. The van der Waals surface area contributed by atoms with Gasteiger partial charge in [0.05, 0.1) is 13.2 Å². The summed E-state index contributed by atoms with van der Waals surface area (Å²) in [7, 11) is 1.73. The Morgan fingerprint density at radius 2 is 2.32 bits per heavy atom. The molecule has 0 spiro atoms. The minimum atomic E-state index is 0.303. The SMILES string of the molecule is COc1cc(C)ccc1C(C)NCCC1CCCO1. The Balaban J connectivity index is 1.86. The van der Waals surface area contributed by atoms with E-state index in [0.717, 1.165) is 25.3 Å². The van der Waals surface area contributed by atoms with Crippen LogP contribution in [0.4, 0.5) is 0 Å². The van der Waals surface area contributed by atoms with Gasteiger partial charge in [0.25, 0.3) is 0 Å². The van der Waals surface area contributed by atoms with Gasteiger partial charge in [0, 0.05) is 18.2 Å². The van der Waals surface area contributed by atoms with E-state index in [9.17, 15) is 0 Å². The largest absolute Gasteiger partial charge is 0.496 e. The van der Waals surface area contributed by atoms with E-state index in [0.29, 0.717) is 12.1 Å². The predicted molar refractivity (Wildman–Crippen MR) is 77.7 cm³/mol. The molecule has 0 bridgehead atoms. The molecule has 106 valence electrons. The van der Waals surface area contributed by atoms with Gasteiger partial charge in [0.1, 0.15) is 5.75 Å². The second-order valence-electron chi connectivity index (χ2n) is 5.34. The normalized spacial score (nSPS) is 20.5. The number of rotatable bonds is 6. The molecular formula is C16H25NO2. The minimum Gasteiger partial charge on any atom is -0.496 e. The van der Waals surface area contributed by atoms with Crippen molar-refractivity contribution in [2.45, 2.75) is 45.3 Å². The Kier molecular flexibility index (Phi) is 5.23. The van der Waals surface area contributed by atoms with E-state index in [1.54, 1.807) is 7.11 Å². The van der Waals surface area contributed by atoms with E-state index in [1.165, 1.54) is 24.0 Å². The summed E-state index contributed by atoms with van der Waals surface area (Å²) in [5.41, 5.74) is 2.45. The van der Waals surface area contributed by atoms with Gasteiger partial charge in [-0.25, -0.2) is 0 Å². The molecule has 3 heteroatoms. The molecule has 1 aromatic carbocycles. The van der Waals surface area contributed by atoms with E-state index >= 15 is 0 Å². The summed E-state index contributed by atoms with van der Waals surface area (Å²) in [6.07, 6.45) is 3.98. The molecule has 1 aliphatic heterocycles. The van der Waals surface area contributed by atoms with Gasteiger partial charge in [-0.3, -0.25) is 0 Å². The van der Waals surface area contributed by atoms with Crippen molar-refractivity contribution in [2.24, 2.45) is 0 Å². The van der Waals surface area contributed by atoms with Crippen molar-refractivity contribution in [3.63, 3.8) is 0 Å². The Labute approximate surface area is 116 Å². The second kappa shape index (κ2) is 6.92. The third kappa shape index (κ3) is 3.95. The summed E-state index contributed by atoms with van der Waals surface area (Å²) in [5.74, 6) is 0.970. The Morgan fingerprint density at radius 1 is 1.47 bits per heavy atom. The van der Waals surface area contributed by atoms with Crippen LogP contribution in [-0.2, 0) is 4.74 Å². The maximum atomic E-state index is 5.64. The number of methoxy groups -OCH3 is 1. The molecule has 2 unspecified atom stereocenters. The second-order valence-corrected chi connectivity index (χ2v) is 5.34. The fourth-order valence-corrected chi connectivity index (χ4v) is 2.62. The third-order valence-electron chi connectivity index (χ3n) is 3.80. The summed E-state index contributed by atoms with van der Waals surface area (Å²) in [4.78, 5) is 0. The van der Waals surface area contributed by atoms with E-state index in [1.807, 2.05) is 0 Å². The molecule has 1 aliphatic rings. The van der Waals surface area contributed by atoms with E-state index < -0.39 is 0 Å². The van der Waals surface area contributed by atoms with Gasteiger partial charge < -0.3 is 14.8 Å². The van der Waals surface area contributed by atoms with Gasteiger partial charge >= 0.3 is 0 Å². The van der Waals surface area contributed by atoms with Gasteiger partial charge in [0.15, 0.2) is 0 Å². The summed E-state index contributed by atoms with van der Waals surface area (Å²) >= 11 is 0. The molecule has 1 aromatic rings. The van der Waals surface area contributed by atoms with Crippen molar-refractivity contribution in [2.75, 3.05) is 20.3 Å². The average molecular weight is 263 g/mol. The number of hydrogen-bond donors (Lipinski definition) is 1. The molecule has 19 heavy (non-hydrogen) atoms. The van der Waals surface area contributed by atoms with Crippen molar-refractivity contribution in [3.8, 4) is 5.75 Å². The Bertz CT molecular complexity index is 400. The van der Waals surface area contributed by atoms with Crippen LogP contribution in [0.5, 0.6) is 5.75 Å². The van der Waals surface area contributed by atoms with E-state index in [4.69, 9.17) is 9.47 Å². The Morgan fingerprint density at radius 3 is 3.00 bits per heavy atom. The molecule has 1 N–H and O–H groups in total. The van der Waals surface area contributed by atoms with Crippen molar-refractivity contribution in [1.29, 1.82) is 0 Å². The molecule has 1 saturated heterocycles. The number of hydrogen-bond acceptors (Lipinski definition) is 3. The first-order valence-electron chi connectivity index (χ1n) is 7.20. The zero-order valence-corrected chi connectivity index (χ0v) is 12.2. The fourth-order valence-electron chi connectivity index (χ4n) is 2.62. The number of benzene rings is 1. The molecule has 2 atom stereocenters. The van der Waals surface area contributed by atoms with Crippen LogP contribution < -0.4 is 10.1 Å². The molecule has 3 nitrogen and oxygen atoms in total. The van der Waals surface area contributed by atoms with Crippen molar-refractivity contribution < 1.29 is 9.47 Å². The van der Waals surface area contributed by atoms with Crippen LogP contribution in [0.15, 0.2) is 18.2 Å². The van der Waals surface area contributed by atoms with E-state index in [-0.39, 0.29) is 0 Å². The molecule has 0 aromatic heterocycles. The van der Waals surface area contributed by atoms with Crippen LogP contribution >= 0.6 is 0 Å². The molecule has 2 rings (SSSR count). The van der Waals surface area contributed by atoms with Crippen molar-refractivity contribution in [1.82, 2.24) is 5.32 Å². The van der Waals surface area contributed by atoms with Crippen LogP contribution in [0.2, 0.25) is 0 Å². The lowest BCUT2D eigenvalue weighted by molar-refractivity contribution is 0.103. The van der Waals surface area contributed by atoms with Crippen LogP contribution in [0, 0.1) is 6.92 Å². The molecule has 1 fully saturated rings. The zero-order valence-electron chi connectivity index (χ0n) is 12.2. The van der Waals surface area contributed by atoms with Gasteiger partial charge in [-0.2, -0.15) is 0 Å². The highest BCUT2D eigenvalue weighted by Crippen LogP contribution is 2.26. The van der Waals surface area contributed by atoms with E-state index in [2.05, 4.69) is 37.4 Å². The highest BCUT2D eigenvalue weighted by atomic mass is 16.5. The minimum absolute atomic E-state index is 0.303. The maximum Gasteiger partial charge on any atom is 0.123 e. The van der Waals surface area contributed by atoms with Crippen molar-refractivity contribution in [3.05, 3.63) is 29.3 Å². The average Bonchev–Trinajstić information content (AvgIpc) is 2.91. The standard InChI is InChI=1S/C16H25NO2/c1-12-6-7-15(16(11-12)18-3)13(2)17-9-8-14-5-4-10-19-14/h6-7,11,13-14,17H,4-5,8-10H2,1-3H3. The van der Waals surface area contributed by atoms with Gasteiger partial charge in [0.2, 0.25) is 0 Å². The topological polar surface area (TPSA) is 30.5 Å². The first-order valence-corrected chi connectivity index (χ1v) is 7.20. The highest BCUT2D eigenvalue weighted by Gasteiger charge is 2.16. The molecule has 1 heterocycles. The predicted octanol–water partition coefficient (Wildman–Crippen LogP) is 3.22. The van der Waals surface area contributed by atoms with Gasteiger partial charge in [-0.15, -0.1) is 0 Å². The highest BCUT2D eigenvalue weighted by molar-refractivity contribution is 5.38. The van der Waals surface area contributed by atoms with Crippen LogP contribution in [0.1, 0.15) is 43.4 Å². The lowest BCUT2D eigenvalue weighted by atomic mass is 10.0. The van der Waals surface area contributed by atoms with Gasteiger partial charge in [-0.1, -0.05) is 12.1 Å². The maximum absolute atomic E-state index is 5.64. The summed E-state index contributed by atoms with van der Waals surface area (Å²) in [6, 6.07) is 6.68. The number of aryl methyl sites for hydroxylation is 1.